The normalized spacial score (nSPS) is 11.0. The van der Waals surface area contributed by atoms with Crippen LogP contribution in [0.2, 0.25) is 0 Å². The van der Waals surface area contributed by atoms with Crippen molar-refractivity contribution in [2.75, 3.05) is 10.6 Å². The van der Waals surface area contributed by atoms with E-state index in [0.29, 0.717) is 16.9 Å². The Labute approximate surface area is 141 Å². The number of nitrogens with one attached hydrogen (secondary N) is 2. The number of carbonyl (C=O) groups is 2. The Morgan fingerprint density at radius 3 is 2.17 bits per heavy atom. The van der Waals surface area contributed by atoms with Crippen LogP contribution in [0.3, 0.4) is 0 Å². The topological polar surface area (TPSA) is 78.4 Å². The molecule has 0 heterocycles. The summed E-state index contributed by atoms with van der Waals surface area (Å²) in [6.45, 7) is 7.35. The second kappa shape index (κ2) is 6.74. The molecule has 0 atom stereocenters. The molecule has 0 aliphatic rings. The third-order valence-electron chi connectivity index (χ3n) is 3.56. The van der Waals surface area contributed by atoms with E-state index in [2.05, 4.69) is 10.6 Å². The van der Waals surface area contributed by atoms with E-state index in [0.717, 1.165) is 5.56 Å². The van der Waals surface area contributed by atoms with Crippen LogP contribution in [0.25, 0.3) is 0 Å². The number of aromatic hydroxyl groups is 1. The number of carbonyl (C=O) groups excluding carboxylic acids is 2. The van der Waals surface area contributed by atoms with Crippen molar-refractivity contribution in [1.82, 2.24) is 0 Å². The molecule has 2 rings (SSSR count). The zero-order chi connectivity index (χ0) is 17.9. The highest BCUT2D eigenvalue weighted by molar-refractivity contribution is 6.05. The minimum Gasteiger partial charge on any atom is -0.508 e. The lowest BCUT2D eigenvalue weighted by Crippen LogP contribution is -2.27. The summed E-state index contributed by atoms with van der Waals surface area (Å²) in [6, 6.07) is 11.5. The second-order valence-electron chi connectivity index (χ2n) is 6.73. The van der Waals surface area contributed by atoms with Gasteiger partial charge in [0.15, 0.2) is 0 Å². The number of hydrogen-bond donors (Lipinski definition) is 3. The Kier molecular flexibility index (Phi) is 4.93. The third-order valence-corrected chi connectivity index (χ3v) is 3.56. The molecule has 2 aromatic carbocycles. The van der Waals surface area contributed by atoms with Gasteiger partial charge in [-0.3, -0.25) is 9.59 Å². The van der Waals surface area contributed by atoms with Gasteiger partial charge in [-0.05, 0) is 42.8 Å². The van der Waals surface area contributed by atoms with Crippen LogP contribution >= 0.6 is 0 Å². The number of aryl methyl sites for hydroxylation is 1. The molecule has 0 bridgehead atoms. The zero-order valence-corrected chi connectivity index (χ0v) is 14.3. The van der Waals surface area contributed by atoms with Gasteiger partial charge >= 0.3 is 0 Å². The highest BCUT2D eigenvalue weighted by Crippen LogP contribution is 2.22. The first-order valence-corrected chi connectivity index (χ1v) is 7.69. The first kappa shape index (κ1) is 17.5. The van der Waals surface area contributed by atoms with Gasteiger partial charge in [0.25, 0.3) is 5.91 Å². The van der Waals surface area contributed by atoms with Gasteiger partial charge in [0.2, 0.25) is 5.91 Å². The van der Waals surface area contributed by atoms with Crippen molar-refractivity contribution in [1.29, 1.82) is 0 Å². The molecule has 5 heteroatoms. The Morgan fingerprint density at radius 1 is 0.958 bits per heavy atom. The van der Waals surface area contributed by atoms with Crippen molar-refractivity contribution in [2.24, 2.45) is 5.41 Å². The van der Waals surface area contributed by atoms with E-state index in [4.69, 9.17) is 0 Å². The Morgan fingerprint density at radius 2 is 1.58 bits per heavy atom. The van der Waals surface area contributed by atoms with Gasteiger partial charge in [-0.2, -0.15) is 0 Å². The minimum absolute atomic E-state index is 0.0879. The van der Waals surface area contributed by atoms with Crippen molar-refractivity contribution in [2.45, 2.75) is 27.7 Å². The molecule has 0 aliphatic carbocycles. The number of anilines is 2. The van der Waals surface area contributed by atoms with Crippen LogP contribution in [0.1, 0.15) is 36.7 Å². The Hall–Kier alpha value is -2.82. The average molecular weight is 326 g/mol. The summed E-state index contributed by atoms with van der Waals surface area (Å²) in [5.74, 6) is -0.274. The third kappa shape index (κ3) is 4.35. The molecule has 2 amide bonds. The maximum atomic E-state index is 12.3. The smallest absolute Gasteiger partial charge is 0.255 e. The number of rotatable bonds is 3. The van der Waals surface area contributed by atoms with Crippen LogP contribution in [0, 0.1) is 12.3 Å². The summed E-state index contributed by atoms with van der Waals surface area (Å²) in [6.07, 6.45) is 0. The van der Waals surface area contributed by atoms with E-state index in [1.165, 1.54) is 6.07 Å². The van der Waals surface area contributed by atoms with Gasteiger partial charge in [-0.25, -0.2) is 0 Å². The second-order valence-corrected chi connectivity index (χ2v) is 6.73. The number of amides is 2. The first-order chi connectivity index (χ1) is 11.2. The zero-order valence-electron chi connectivity index (χ0n) is 14.3. The molecule has 0 fully saturated rings. The Balaban J connectivity index is 2.09. The van der Waals surface area contributed by atoms with Gasteiger partial charge < -0.3 is 15.7 Å². The van der Waals surface area contributed by atoms with E-state index in [1.54, 1.807) is 36.4 Å². The molecule has 24 heavy (non-hydrogen) atoms. The van der Waals surface area contributed by atoms with E-state index >= 15 is 0 Å². The number of phenolic OH excluding ortho intramolecular Hbond substituents is 1. The largest absolute Gasteiger partial charge is 0.508 e. The van der Waals surface area contributed by atoms with Gasteiger partial charge in [0.05, 0.1) is 0 Å². The molecular formula is C19H22N2O3. The molecule has 2 aromatic rings. The molecule has 0 spiro atoms. The molecule has 0 aliphatic heterocycles. The van der Waals surface area contributed by atoms with Gasteiger partial charge in [0.1, 0.15) is 5.75 Å². The summed E-state index contributed by atoms with van der Waals surface area (Å²) in [4.78, 5) is 24.2. The number of hydrogen-bond acceptors (Lipinski definition) is 3. The molecule has 0 radical (unpaired) electrons. The van der Waals surface area contributed by atoms with E-state index < -0.39 is 5.41 Å². The lowest BCUT2D eigenvalue weighted by molar-refractivity contribution is -0.123. The molecule has 0 saturated heterocycles. The summed E-state index contributed by atoms with van der Waals surface area (Å²) >= 11 is 0. The van der Waals surface area contributed by atoms with Crippen LogP contribution in [0.15, 0.2) is 42.5 Å². The molecule has 5 nitrogen and oxygen atoms in total. The van der Waals surface area contributed by atoms with E-state index in [1.807, 2.05) is 27.7 Å². The fraction of sp³-hybridized carbons (Fsp3) is 0.263. The van der Waals surface area contributed by atoms with Gasteiger partial charge in [-0.15, -0.1) is 0 Å². The standard InChI is InChI=1S/C19H22N2O3/c1-12-5-10-15(22)11-16(12)21-17(23)13-6-8-14(9-7-13)20-18(24)19(2,3)4/h5-11,22H,1-4H3,(H,20,24)(H,21,23). The summed E-state index contributed by atoms with van der Waals surface area (Å²) in [5, 5.41) is 15.1. The van der Waals surface area contributed by atoms with Crippen LogP contribution in [0.4, 0.5) is 11.4 Å². The lowest BCUT2D eigenvalue weighted by Gasteiger charge is -2.17. The highest BCUT2D eigenvalue weighted by Gasteiger charge is 2.21. The van der Waals surface area contributed by atoms with Crippen LogP contribution in [-0.4, -0.2) is 16.9 Å². The fourth-order valence-corrected chi connectivity index (χ4v) is 1.96. The minimum atomic E-state index is -0.483. The van der Waals surface area contributed by atoms with Crippen molar-refractivity contribution in [3.05, 3.63) is 53.6 Å². The van der Waals surface area contributed by atoms with Crippen LogP contribution in [-0.2, 0) is 4.79 Å². The van der Waals surface area contributed by atoms with Crippen molar-refractivity contribution < 1.29 is 14.7 Å². The predicted molar refractivity (Wildman–Crippen MR) is 95.3 cm³/mol. The van der Waals surface area contributed by atoms with E-state index in [-0.39, 0.29) is 17.6 Å². The van der Waals surface area contributed by atoms with Crippen molar-refractivity contribution in [3.63, 3.8) is 0 Å². The maximum absolute atomic E-state index is 12.3. The van der Waals surface area contributed by atoms with Crippen molar-refractivity contribution >= 4 is 23.2 Å². The Bertz CT molecular complexity index is 759. The quantitative estimate of drug-likeness (QED) is 0.799. The van der Waals surface area contributed by atoms with Crippen molar-refractivity contribution in [3.8, 4) is 5.75 Å². The van der Waals surface area contributed by atoms with Gasteiger partial charge in [-0.1, -0.05) is 26.8 Å². The molecule has 0 aromatic heterocycles. The molecular weight excluding hydrogens is 304 g/mol. The van der Waals surface area contributed by atoms with Crippen LogP contribution < -0.4 is 10.6 Å². The molecule has 126 valence electrons. The average Bonchev–Trinajstić information content (AvgIpc) is 2.50. The molecule has 0 unspecified atom stereocenters. The summed E-state index contributed by atoms with van der Waals surface area (Å²) in [5.41, 5.74) is 2.04. The fourth-order valence-electron chi connectivity index (χ4n) is 1.96. The molecule has 3 N–H and O–H groups in total. The summed E-state index contributed by atoms with van der Waals surface area (Å²) in [7, 11) is 0. The molecule has 0 saturated carbocycles. The predicted octanol–water partition coefficient (Wildman–Crippen LogP) is 3.94. The SMILES string of the molecule is Cc1ccc(O)cc1NC(=O)c1ccc(NC(=O)C(C)(C)C)cc1. The first-order valence-electron chi connectivity index (χ1n) is 7.69. The van der Waals surface area contributed by atoms with E-state index in [9.17, 15) is 14.7 Å². The number of phenols is 1. The monoisotopic (exact) mass is 326 g/mol. The highest BCUT2D eigenvalue weighted by atomic mass is 16.3. The summed E-state index contributed by atoms with van der Waals surface area (Å²) < 4.78 is 0. The van der Waals surface area contributed by atoms with Crippen LogP contribution in [0.5, 0.6) is 5.75 Å². The maximum Gasteiger partial charge on any atom is 0.255 e. The van der Waals surface area contributed by atoms with Gasteiger partial charge in [0, 0.05) is 28.4 Å². The number of benzene rings is 2. The lowest BCUT2D eigenvalue weighted by atomic mass is 9.95.